The van der Waals surface area contributed by atoms with Crippen LogP contribution in [0.5, 0.6) is 28.7 Å². The summed E-state index contributed by atoms with van der Waals surface area (Å²) in [6.07, 6.45) is 0.684. The molecule has 1 aliphatic rings. The standard InChI is InChI=1S/C28H31NO6/c1-5-34-23-11-7-6-10-20(23)28(30)29-15-14-19-16-26(32-3)27(33-4)17-21(19)22(29)18-35-25-13-9-8-12-24(25)31-2/h6-13,16-17,22H,5,14-15,18H2,1-4H3. The number of carbonyl (C=O) groups excluding carboxylic acids is 1. The fourth-order valence-corrected chi connectivity index (χ4v) is 4.44. The summed E-state index contributed by atoms with van der Waals surface area (Å²) in [5.41, 5.74) is 2.59. The monoisotopic (exact) mass is 477 g/mol. The average Bonchev–Trinajstić information content (AvgIpc) is 2.91. The van der Waals surface area contributed by atoms with Crippen LogP contribution in [-0.4, -0.2) is 51.9 Å². The molecule has 0 saturated carbocycles. The molecule has 184 valence electrons. The summed E-state index contributed by atoms with van der Waals surface area (Å²) in [5.74, 6) is 2.99. The predicted octanol–water partition coefficient (Wildman–Crippen LogP) is 4.93. The first-order valence-corrected chi connectivity index (χ1v) is 11.6. The second-order valence-corrected chi connectivity index (χ2v) is 8.06. The summed E-state index contributed by atoms with van der Waals surface area (Å²) in [6, 6.07) is 18.4. The minimum atomic E-state index is -0.356. The summed E-state index contributed by atoms with van der Waals surface area (Å²) in [5, 5.41) is 0. The number of carbonyl (C=O) groups is 1. The van der Waals surface area contributed by atoms with E-state index in [0.29, 0.717) is 53.9 Å². The van der Waals surface area contributed by atoms with Crippen LogP contribution in [0.3, 0.4) is 0 Å². The third-order valence-electron chi connectivity index (χ3n) is 6.15. The molecule has 0 saturated heterocycles. The number of para-hydroxylation sites is 3. The molecule has 3 aromatic carbocycles. The number of rotatable bonds is 9. The SMILES string of the molecule is CCOc1ccccc1C(=O)N1CCc2cc(OC)c(OC)cc2C1COc1ccccc1OC. The van der Waals surface area contributed by atoms with Gasteiger partial charge in [-0.3, -0.25) is 4.79 Å². The van der Waals surface area contributed by atoms with Crippen molar-refractivity contribution in [2.75, 3.05) is 41.1 Å². The van der Waals surface area contributed by atoms with Crippen molar-refractivity contribution in [1.82, 2.24) is 4.90 Å². The van der Waals surface area contributed by atoms with Gasteiger partial charge >= 0.3 is 0 Å². The Balaban J connectivity index is 1.74. The molecule has 1 amide bonds. The Kier molecular flexibility index (Phi) is 7.65. The lowest BCUT2D eigenvalue weighted by atomic mass is 9.91. The lowest BCUT2D eigenvalue weighted by Crippen LogP contribution is -2.42. The van der Waals surface area contributed by atoms with Gasteiger partial charge in [-0.2, -0.15) is 0 Å². The highest BCUT2D eigenvalue weighted by Crippen LogP contribution is 2.40. The minimum absolute atomic E-state index is 0.108. The molecule has 3 aromatic rings. The fraction of sp³-hybridized carbons (Fsp3) is 0.321. The van der Waals surface area contributed by atoms with Gasteiger partial charge in [0.1, 0.15) is 12.4 Å². The van der Waals surface area contributed by atoms with E-state index in [1.807, 2.05) is 66.4 Å². The molecular weight excluding hydrogens is 446 g/mol. The van der Waals surface area contributed by atoms with Gasteiger partial charge in [-0.05, 0) is 60.9 Å². The zero-order chi connectivity index (χ0) is 24.8. The molecule has 0 bridgehead atoms. The van der Waals surface area contributed by atoms with E-state index in [2.05, 4.69) is 0 Å². The molecule has 1 unspecified atom stereocenters. The quantitative estimate of drug-likeness (QED) is 0.435. The maximum absolute atomic E-state index is 13.8. The maximum atomic E-state index is 13.8. The number of ether oxygens (including phenoxy) is 5. The number of benzene rings is 3. The van der Waals surface area contributed by atoms with Gasteiger partial charge in [-0.1, -0.05) is 24.3 Å². The Morgan fingerprint density at radius 3 is 2.14 bits per heavy atom. The second-order valence-electron chi connectivity index (χ2n) is 8.06. The number of nitrogens with zero attached hydrogens (tertiary/aromatic N) is 1. The van der Waals surface area contributed by atoms with Crippen LogP contribution in [0.25, 0.3) is 0 Å². The Bertz CT molecular complexity index is 1180. The van der Waals surface area contributed by atoms with E-state index in [1.54, 1.807) is 27.4 Å². The van der Waals surface area contributed by atoms with Crippen LogP contribution < -0.4 is 23.7 Å². The highest BCUT2D eigenvalue weighted by atomic mass is 16.5. The van der Waals surface area contributed by atoms with Crippen molar-refractivity contribution in [2.45, 2.75) is 19.4 Å². The molecule has 0 aliphatic carbocycles. The van der Waals surface area contributed by atoms with E-state index < -0.39 is 0 Å². The van der Waals surface area contributed by atoms with Crippen LogP contribution in [0.1, 0.15) is 34.5 Å². The Labute approximate surface area is 206 Å². The van der Waals surface area contributed by atoms with E-state index in [4.69, 9.17) is 23.7 Å². The largest absolute Gasteiger partial charge is 0.493 e. The van der Waals surface area contributed by atoms with Crippen molar-refractivity contribution in [3.05, 3.63) is 77.4 Å². The van der Waals surface area contributed by atoms with Crippen molar-refractivity contribution in [2.24, 2.45) is 0 Å². The fourth-order valence-electron chi connectivity index (χ4n) is 4.44. The normalized spacial score (nSPS) is 14.6. The van der Waals surface area contributed by atoms with Crippen molar-refractivity contribution < 1.29 is 28.5 Å². The Morgan fingerprint density at radius 1 is 0.829 bits per heavy atom. The van der Waals surface area contributed by atoms with Gasteiger partial charge in [0.25, 0.3) is 5.91 Å². The average molecular weight is 478 g/mol. The maximum Gasteiger partial charge on any atom is 0.258 e. The van der Waals surface area contributed by atoms with Gasteiger partial charge in [0.15, 0.2) is 23.0 Å². The van der Waals surface area contributed by atoms with E-state index in [1.165, 1.54) is 0 Å². The van der Waals surface area contributed by atoms with Gasteiger partial charge < -0.3 is 28.6 Å². The summed E-state index contributed by atoms with van der Waals surface area (Å²) in [6.45, 7) is 3.15. The molecule has 1 aliphatic heterocycles. The Hall–Kier alpha value is -3.87. The molecule has 7 heteroatoms. The number of methoxy groups -OCH3 is 3. The smallest absolute Gasteiger partial charge is 0.258 e. The lowest BCUT2D eigenvalue weighted by molar-refractivity contribution is 0.0583. The summed E-state index contributed by atoms with van der Waals surface area (Å²) in [7, 11) is 4.83. The minimum Gasteiger partial charge on any atom is -0.493 e. The van der Waals surface area contributed by atoms with E-state index in [0.717, 1.165) is 11.1 Å². The first kappa shape index (κ1) is 24.3. The van der Waals surface area contributed by atoms with Crippen molar-refractivity contribution in [1.29, 1.82) is 0 Å². The highest BCUT2D eigenvalue weighted by Gasteiger charge is 2.34. The van der Waals surface area contributed by atoms with E-state index in [-0.39, 0.29) is 18.6 Å². The predicted molar refractivity (Wildman–Crippen MR) is 133 cm³/mol. The van der Waals surface area contributed by atoms with Gasteiger partial charge in [-0.15, -0.1) is 0 Å². The molecule has 4 rings (SSSR count). The lowest BCUT2D eigenvalue weighted by Gasteiger charge is -2.38. The second kappa shape index (κ2) is 11.0. The van der Waals surface area contributed by atoms with E-state index >= 15 is 0 Å². The van der Waals surface area contributed by atoms with Crippen LogP contribution in [-0.2, 0) is 6.42 Å². The van der Waals surface area contributed by atoms with Crippen LogP contribution in [0, 0.1) is 0 Å². The van der Waals surface area contributed by atoms with Gasteiger partial charge in [0, 0.05) is 6.54 Å². The summed E-state index contributed by atoms with van der Waals surface area (Å²) >= 11 is 0. The molecular formula is C28H31NO6. The molecule has 0 spiro atoms. The molecule has 0 N–H and O–H groups in total. The van der Waals surface area contributed by atoms with Crippen LogP contribution in [0.15, 0.2) is 60.7 Å². The number of amides is 1. The molecule has 0 radical (unpaired) electrons. The molecule has 1 atom stereocenters. The zero-order valence-electron chi connectivity index (χ0n) is 20.6. The van der Waals surface area contributed by atoms with Crippen molar-refractivity contribution >= 4 is 5.91 Å². The first-order valence-electron chi connectivity index (χ1n) is 11.6. The van der Waals surface area contributed by atoms with Crippen LogP contribution >= 0.6 is 0 Å². The molecule has 7 nitrogen and oxygen atoms in total. The highest BCUT2D eigenvalue weighted by molar-refractivity contribution is 5.97. The number of hydrogen-bond donors (Lipinski definition) is 0. The van der Waals surface area contributed by atoms with Gasteiger partial charge in [0.2, 0.25) is 0 Å². The van der Waals surface area contributed by atoms with E-state index in [9.17, 15) is 4.79 Å². The number of fused-ring (bicyclic) bond motifs is 1. The molecule has 0 fully saturated rings. The van der Waals surface area contributed by atoms with Gasteiger partial charge in [-0.25, -0.2) is 0 Å². The van der Waals surface area contributed by atoms with Crippen LogP contribution in [0.4, 0.5) is 0 Å². The molecule has 0 aromatic heterocycles. The topological polar surface area (TPSA) is 66.5 Å². The van der Waals surface area contributed by atoms with Crippen molar-refractivity contribution in [3.63, 3.8) is 0 Å². The molecule has 35 heavy (non-hydrogen) atoms. The summed E-state index contributed by atoms with van der Waals surface area (Å²) in [4.78, 5) is 15.7. The first-order chi connectivity index (χ1) is 17.1. The van der Waals surface area contributed by atoms with Crippen molar-refractivity contribution in [3.8, 4) is 28.7 Å². The number of hydrogen-bond acceptors (Lipinski definition) is 6. The molecule has 1 heterocycles. The summed E-state index contributed by atoms with van der Waals surface area (Å²) < 4.78 is 28.5. The van der Waals surface area contributed by atoms with Crippen LogP contribution in [0.2, 0.25) is 0 Å². The third-order valence-corrected chi connectivity index (χ3v) is 6.15. The van der Waals surface area contributed by atoms with Gasteiger partial charge in [0.05, 0.1) is 39.5 Å². The third kappa shape index (κ3) is 4.99. The Morgan fingerprint density at radius 2 is 1.46 bits per heavy atom. The zero-order valence-corrected chi connectivity index (χ0v) is 20.6.